The summed E-state index contributed by atoms with van der Waals surface area (Å²) in [5.74, 6) is 1.65. The van der Waals surface area contributed by atoms with E-state index in [9.17, 15) is 0 Å². The SMILES string of the molecule is CCOc1ccnc(NC(CCCl)COC)n1. The van der Waals surface area contributed by atoms with Gasteiger partial charge in [0.05, 0.1) is 19.3 Å². The number of ether oxygens (including phenoxy) is 2. The molecule has 17 heavy (non-hydrogen) atoms. The number of rotatable bonds is 8. The van der Waals surface area contributed by atoms with Crippen LogP contribution < -0.4 is 10.1 Å². The first kappa shape index (κ1) is 14.0. The number of nitrogens with one attached hydrogen (secondary N) is 1. The van der Waals surface area contributed by atoms with Crippen molar-refractivity contribution in [1.82, 2.24) is 9.97 Å². The first-order valence-electron chi connectivity index (χ1n) is 5.57. The normalized spacial score (nSPS) is 12.2. The molecule has 0 aliphatic rings. The second kappa shape index (κ2) is 8.08. The van der Waals surface area contributed by atoms with E-state index in [2.05, 4.69) is 15.3 Å². The summed E-state index contributed by atoms with van der Waals surface area (Å²) in [6.07, 6.45) is 2.45. The summed E-state index contributed by atoms with van der Waals surface area (Å²) in [4.78, 5) is 8.35. The molecule has 0 radical (unpaired) electrons. The summed E-state index contributed by atoms with van der Waals surface area (Å²) in [5, 5.41) is 3.17. The molecule has 0 aliphatic heterocycles. The lowest BCUT2D eigenvalue weighted by Crippen LogP contribution is -2.26. The fraction of sp³-hybridized carbons (Fsp3) is 0.636. The van der Waals surface area contributed by atoms with Gasteiger partial charge in [-0.2, -0.15) is 4.98 Å². The molecular formula is C11H18ClN3O2. The van der Waals surface area contributed by atoms with E-state index in [0.29, 0.717) is 30.9 Å². The highest BCUT2D eigenvalue weighted by Crippen LogP contribution is 2.10. The molecule has 0 spiro atoms. The van der Waals surface area contributed by atoms with E-state index in [1.165, 1.54) is 0 Å². The summed E-state index contributed by atoms with van der Waals surface area (Å²) in [6.45, 7) is 3.06. The second-order valence-corrected chi connectivity index (χ2v) is 3.80. The number of alkyl halides is 1. The zero-order valence-electron chi connectivity index (χ0n) is 10.1. The van der Waals surface area contributed by atoms with Crippen molar-refractivity contribution in [2.45, 2.75) is 19.4 Å². The highest BCUT2D eigenvalue weighted by atomic mass is 35.5. The van der Waals surface area contributed by atoms with Crippen molar-refractivity contribution >= 4 is 17.5 Å². The minimum absolute atomic E-state index is 0.106. The van der Waals surface area contributed by atoms with Gasteiger partial charge in [-0.05, 0) is 13.3 Å². The van der Waals surface area contributed by atoms with Crippen LogP contribution in [0.4, 0.5) is 5.95 Å². The molecule has 96 valence electrons. The number of aromatic nitrogens is 2. The van der Waals surface area contributed by atoms with Crippen LogP contribution in [-0.4, -0.2) is 42.2 Å². The average molecular weight is 260 g/mol. The first-order valence-corrected chi connectivity index (χ1v) is 6.10. The molecule has 1 atom stereocenters. The van der Waals surface area contributed by atoms with Gasteiger partial charge in [0.1, 0.15) is 0 Å². The molecule has 0 aromatic carbocycles. The molecule has 5 nitrogen and oxygen atoms in total. The van der Waals surface area contributed by atoms with Gasteiger partial charge < -0.3 is 14.8 Å². The van der Waals surface area contributed by atoms with Crippen molar-refractivity contribution in [3.05, 3.63) is 12.3 Å². The Morgan fingerprint density at radius 2 is 2.35 bits per heavy atom. The largest absolute Gasteiger partial charge is 0.478 e. The van der Waals surface area contributed by atoms with E-state index in [-0.39, 0.29) is 6.04 Å². The van der Waals surface area contributed by atoms with E-state index in [4.69, 9.17) is 21.1 Å². The lowest BCUT2D eigenvalue weighted by molar-refractivity contribution is 0.184. The van der Waals surface area contributed by atoms with E-state index in [1.54, 1.807) is 19.4 Å². The summed E-state index contributed by atoms with van der Waals surface area (Å²) < 4.78 is 10.4. The minimum Gasteiger partial charge on any atom is -0.478 e. The van der Waals surface area contributed by atoms with Crippen LogP contribution in [0.1, 0.15) is 13.3 Å². The molecule has 0 aliphatic carbocycles. The van der Waals surface area contributed by atoms with Gasteiger partial charge in [0.2, 0.25) is 11.8 Å². The van der Waals surface area contributed by atoms with Crippen LogP contribution >= 0.6 is 11.6 Å². The Morgan fingerprint density at radius 3 is 3.00 bits per heavy atom. The third-order valence-corrected chi connectivity index (χ3v) is 2.30. The van der Waals surface area contributed by atoms with E-state index in [0.717, 1.165) is 6.42 Å². The van der Waals surface area contributed by atoms with Gasteiger partial charge in [0.25, 0.3) is 0 Å². The standard InChI is InChI=1S/C11H18ClN3O2/c1-3-17-10-5-7-13-11(15-10)14-9(4-6-12)8-16-2/h5,7,9H,3-4,6,8H2,1-2H3,(H,13,14,15). The van der Waals surface area contributed by atoms with Crippen LogP contribution in [0.15, 0.2) is 12.3 Å². The zero-order valence-corrected chi connectivity index (χ0v) is 10.9. The Balaban J connectivity index is 2.60. The number of hydrogen-bond donors (Lipinski definition) is 1. The van der Waals surface area contributed by atoms with Gasteiger partial charge in [0, 0.05) is 25.3 Å². The van der Waals surface area contributed by atoms with Crippen molar-refractivity contribution in [1.29, 1.82) is 0 Å². The first-order chi connectivity index (χ1) is 8.30. The van der Waals surface area contributed by atoms with Crippen LogP contribution in [0.25, 0.3) is 0 Å². The van der Waals surface area contributed by atoms with Gasteiger partial charge in [0.15, 0.2) is 0 Å². The predicted octanol–water partition coefficient (Wildman–Crippen LogP) is 1.93. The number of methoxy groups -OCH3 is 1. The Kier molecular flexibility index (Phi) is 6.65. The average Bonchev–Trinajstić information content (AvgIpc) is 2.30. The summed E-state index contributed by atoms with van der Waals surface area (Å²) in [5.41, 5.74) is 0. The van der Waals surface area contributed by atoms with E-state index in [1.807, 2.05) is 6.92 Å². The number of anilines is 1. The topological polar surface area (TPSA) is 56.3 Å². The smallest absolute Gasteiger partial charge is 0.226 e. The summed E-state index contributed by atoms with van der Waals surface area (Å²) >= 11 is 5.72. The Morgan fingerprint density at radius 1 is 1.53 bits per heavy atom. The maximum absolute atomic E-state index is 5.72. The Bertz CT molecular complexity index is 319. The quantitative estimate of drug-likeness (QED) is 0.723. The van der Waals surface area contributed by atoms with E-state index < -0.39 is 0 Å². The molecule has 0 bridgehead atoms. The highest BCUT2D eigenvalue weighted by Gasteiger charge is 2.09. The highest BCUT2D eigenvalue weighted by molar-refractivity contribution is 6.17. The van der Waals surface area contributed by atoms with Crippen molar-refractivity contribution in [2.75, 3.05) is 31.5 Å². The lowest BCUT2D eigenvalue weighted by Gasteiger charge is -2.16. The number of nitrogens with zero attached hydrogens (tertiary/aromatic N) is 2. The van der Waals surface area contributed by atoms with Crippen LogP contribution in [0, 0.1) is 0 Å². The predicted molar refractivity (Wildman–Crippen MR) is 67.8 cm³/mol. The fourth-order valence-corrected chi connectivity index (χ4v) is 1.62. The molecular weight excluding hydrogens is 242 g/mol. The van der Waals surface area contributed by atoms with Gasteiger partial charge >= 0.3 is 0 Å². The van der Waals surface area contributed by atoms with Crippen molar-refractivity contribution in [3.63, 3.8) is 0 Å². The molecule has 1 heterocycles. The van der Waals surface area contributed by atoms with Crippen LogP contribution in [0.5, 0.6) is 5.88 Å². The third-order valence-electron chi connectivity index (χ3n) is 2.08. The van der Waals surface area contributed by atoms with Gasteiger partial charge in [-0.1, -0.05) is 0 Å². The Hall–Kier alpha value is -1.07. The molecule has 1 aromatic rings. The van der Waals surface area contributed by atoms with Gasteiger partial charge in [-0.25, -0.2) is 4.98 Å². The van der Waals surface area contributed by atoms with Crippen molar-refractivity contribution < 1.29 is 9.47 Å². The molecule has 1 rings (SSSR count). The molecule has 1 aromatic heterocycles. The summed E-state index contributed by atoms with van der Waals surface area (Å²) in [7, 11) is 1.65. The zero-order chi connectivity index (χ0) is 12.5. The molecule has 1 N–H and O–H groups in total. The number of hydrogen-bond acceptors (Lipinski definition) is 5. The fourth-order valence-electron chi connectivity index (χ4n) is 1.35. The van der Waals surface area contributed by atoms with Crippen LogP contribution in [0.3, 0.4) is 0 Å². The van der Waals surface area contributed by atoms with Crippen LogP contribution in [-0.2, 0) is 4.74 Å². The molecule has 0 saturated carbocycles. The van der Waals surface area contributed by atoms with Crippen LogP contribution in [0.2, 0.25) is 0 Å². The van der Waals surface area contributed by atoms with Crippen molar-refractivity contribution in [3.8, 4) is 5.88 Å². The maximum atomic E-state index is 5.72. The second-order valence-electron chi connectivity index (χ2n) is 3.43. The summed E-state index contributed by atoms with van der Waals surface area (Å²) in [6, 6.07) is 1.83. The lowest BCUT2D eigenvalue weighted by atomic mass is 10.2. The van der Waals surface area contributed by atoms with Crippen molar-refractivity contribution in [2.24, 2.45) is 0 Å². The monoisotopic (exact) mass is 259 g/mol. The van der Waals surface area contributed by atoms with Gasteiger partial charge in [-0.3, -0.25) is 0 Å². The molecule has 6 heteroatoms. The third kappa shape index (κ3) is 5.19. The van der Waals surface area contributed by atoms with Gasteiger partial charge in [-0.15, -0.1) is 11.6 Å². The minimum atomic E-state index is 0.106. The molecule has 0 saturated heterocycles. The molecule has 0 fully saturated rings. The maximum Gasteiger partial charge on any atom is 0.226 e. The van der Waals surface area contributed by atoms with E-state index >= 15 is 0 Å². The Labute approximate surface area is 107 Å². The molecule has 0 amide bonds. The number of halogens is 1. The molecule has 1 unspecified atom stereocenters.